The van der Waals surface area contributed by atoms with Crippen molar-refractivity contribution in [3.05, 3.63) is 71.8 Å². The first-order chi connectivity index (χ1) is 12.2. The number of piperidine rings is 1. The monoisotopic (exact) mass is 339 g/mol. The van der Waals surface area contributed by atoms with Gasteiger partial charge in [0.05, 0.1) is 0 Å². The minimum atomic E-state index is -1.24. The Morgan fingerprint density at radius 3 is 1.88 bits per heavy atom. The van der Waals surface area contributed by atoms with Crippen LogP contribution in [0.25, 0.3) is 0 Å². The van der Waals surface area contributed by atoms with Crippen molar-refractivity contribution in [2.24, 2.45) is 0 Å². The van der Waals surface area contributed by atoms with Crippen LogP contribution in [0.1, 0.15) is 24.0 Å². The number of nitrogens with zero attached hydrogens (tertiary/aromatic N) is 1. The molecule has 2 aromatic carbocycles. The standard InChI is InChI=1S/C21H25NO3/c1-22-15-13-19(14-16-22)25-20(23)21(24-2,17-9-5-3-6-10-17)18-11-7-4-8-12-18/h3-12,19H,13-16H2,1-2H3. The largest absolute Gasteiger partial charge is 0.460 e. The summed E-state index contributed by atoms with van der Waals surface area (Å²) in [6.45, 7) is 1.88. The lowest BCUT2D eigenvalue weighted by Crippen LogP contribution is -2.44. The first kappa shape index (κ1) is 17.6. The van der Waals surface area contributed by atoms with Crippen LogP contribution in [0.15, 0.2) is 60.7 Å². The lowest BCUT2D eigenvalue weighted by molar-refractivity contribution is -0.173. The zero-order chi connectivity index (χ0) is 17.7. The third-order valence-electron chi connectivity index (χ3n) is 4.89. The third-order valence-corrected chi connectivity index (χ3v) is 4.89. The predicted molar refractivity (Wildman–Crippen MR) is 97.3 cm³/mol. The van der Waals surface area contributed by atoms with Crippen molar-refractivity contribution in [1.82, 2.24) is 4.90 Å². The van der Waals surface area contributed by atoms with Crippen molar-refractivity contribution in [3.8, 4) is 0 Å². The van der Waals surface area contributed by atoms with Crippen LogP contribution < -0.4 is 0 Å². The normalized spacial score (nSPS) is 16.6. The van der Waals surface area contributed by atoms with Crippen LogP contribution in [0.3, 0.4) is 0 Å². The number of ether oxygens (including phenoxy) is 2. The molecule has 1 heterocycles. The number of methoxy groups -OCH3 is 1. The molecule has 2 aromatic rings. The second-order valence-corrected chi connectivity index (χ2v) is 6.53. The second kappa shape index (κ2) is 7.81. The topological polar surface area (TPSA) is 38.8 Å². The molecule has 0 aliphatic carbocycles. The molecule has 132 valence electrons. The quantitative estimate of drug-likeness (QED) is 0.784. The van der Waals surface area contributed by atoms with Gasteiger partial charge in [-0.1, -0.05) is 60.7 Å². The highest BCUT2D eigenvalue weighted by Gasteiger charge is 2.45. The number of benzene rings is 2. The third kappa shape index (κ3) is 3.60. The maximum atomic E-state index is 13.3. The lowest BCUT2D eigenvalue weighted by Gasteiger charge is -2.35. The Hall–Kier alpha value is -2.17. The summed E-state index contributed by atoms with van der Waals surface area (Å²) >= 11 is 0. The molecule has 1 fully saturated rings. The van der Waals surface area contributed by atoms with Crippen molar-refractivity contribution in [2.45, 2.75) is 24.5 Å². The molecule has 0 unspecified atom stereocenters. The Morgan fingerprint density at radius 1 is 0.960 bits per heavy atom. The SMILES string of the molecule is COC(C(=O)OC1CCN(C)CC1)(c1ccccc1)c1ccccc1. The maximum absolute atomic E-state index is 13.3. The van der Waals surface area contributed by atoms with Gasteiger partial charge in [0.1, 0.15) is 6.10 Å². The molecule has 0 aromatic heterocycles. The van der Waals surface area contributed by atoms with Crippen molar-refractivity contribution >= 4 is 5.97 Å². The molecule has 25 heavy (non-hydrogen) atoms. The van der Waals surface area contributed by atoms with Crippen LogP contribution in [0.5, 0.6) is 0 Å². The number of likely N-dealkylation sites (tertiary alicyclic amines) is 1. The van der Waals surface area contributed by atoms with E-state index in [1.54, 1.807) is 7.11 Å². The van der Waals surface area contributed by atoms with E-state index < -0.39 is 5.60 Å². The van der Waals surface area contributed by atoms with Gasteiger partial charge in [-0.25, -0.2) is 4.79 Å². The van der Waals surface area contributed by atoms with Gasteiger partial charge in [-0.05, 0) is 31.0 Å². The van der Waals surface area contributed by atoms with Gasteiger partial charge in [0.15, 0.2) is 0 Å². The van der Waals surface area contributed by atoms with Gasteiger partial charge in [-0.2, -0.15) is 0 Å². The summed E-state index contributed by atoms with van der Waals surface area (Å²) in [6, 6.07) is 19.1. The Bertz CT molecular complexity index is 639. The Morgan fingerprint density at radius 2 is 1.44 bits per heavy atom. The molecule has 1 saturated heterocycles. The number of hydrogen-bond acceptors (Lipinski definition) is 4. The summed E-state index contributed by atoms with van der Waals surface area (Å²) in [5.74, 6) is -0.345. The number of carbonyl (C=O) groups is 1. The fourth-order valence-electron chi connectivity index (χ4n) is 3.40. The van der Waals surface area contributed by atoms with E-state index >= 15 is 0 Å². The van der Waals surface area contributed by atoms with E-state index in [0.717, 1.165) is 37.1 Å². The molecular formula is C21H25NO3. The molecule has 0 amide bonds. The molecule has 0 saturated carbocycles. The second-order valence-electron chi connectivity index (χ2n) is 6.53. The van der Waals surface area contributed by atoms with Crippen molar-refractivity contribution < 1.29 is 14.3 Å². The lowest BCUT2D eigenvalue weighted by atomic mass is 9.86. The van der Waals surface area contributed by atoms with Crippen molar-refractivity contribution in [1.29, 1.82) is 0 Å². The summed E-state index contributed by atoms with van der Waals surface area (Å²) in [5.41, 5.74) is 0.314. The van der Waals surface area contributed by atoms with Crippen LogP contribution in [-0.2, 0) is 19.9 Å². The maximum Gasteiger partial charge on any atom is 0.348 e. The molecule has 1 aliphatic rings. The van der Waals surface area contributed by atoms with Crippen LogP contribution in [0.2, 0.25) is 0 Å². The highest BCUT2D eigenvalue weighted by Crippen LogP contribution is 2.35. The molecule has 3 rings (SSSR count). The predicted octanol–water partition coefficient (Wildman–Crippen LogP) is 3.21. The van der Waals surface area contributed by atoms with Gasteiger partial charge in [0.25, 0.3) is 0 Å². The van der Waals surface area contributed by atoms with E-state index in [1.165, 1.54) is 0 Å². The fraction of sp³-hybridized carbons (Fsp3) is 0.381. The van der Waals surface area contributed by atoms with Crippen LogP contribution in [0, 0.1) is 0 Å². The molecule has 0 radical (unpaired) electrons. The molecule has 4 nitrogen and oxygen atoms in total. The fourth-order valence-corrected chi connectivity index (χ4v) is 3.40. The number of rotatable bonds is 5. The number of carbonyl (C=O) groups excluding carboxylic acids is 1. The summed E-state index contributed by atoms with van der Waals surface area (Å²) in [4.78, 5) is 15.5. The minimum Gasteiger partial charge on any atom is -0.460 e. The smallest absolute Gasteiger partial charge is 0.348 e. The van der Waals surface area contributed by atoms with E-state index in [-0.39, 0.29) is 12.1 Å². The molecule has 1 aliphatic heterocycles. The molecule has 0 atom stereocenters. The van der Waals surface area contributed by atoms with Crippen LogP contribution >= 0.6 is 0 Å². The van der Waals surface area contributed by atoms with E-state index in [1.807, 2.05) is 60.7 Å². The van der Waals surface area contributed by atoms with Crippen molar-refractivity contribution in [3.63, 3.8) is 0 Å². The molecule has 0 spiro atoms. The van der Waals surface area contributed by atoms with Crippen LogP contribution in [0.4, 0.5) is 0 Å². The van der Waals surface area contributed by atoms with Crippen LogP contribution in [-0.4, -0.2) is 44.2 Å². The van der Waals surface area contributed by atoms with Gasteiger partial charge < -0.3 is 14.4 Å². The van der Waals surface area contributed by atoms with Gasteiger partial charge in [0, 0.05) is 20.2 Å². The average Bonchev–Trinajstić information content (AvgIpc) is 2.66. The summed E-state index contributed by atoms with van der Waals surface area (Å²) < 4.78 is 11.8. The first-order valence-corrected chi connectivity index (χ1v) is 8.72. The zero-order valence-corrected chi connectivity index (χ0v) is 14.9. The zero-order valence-electron chi connectivity index (χ0n) is 14.9. The van der Waals surface area contributed by atoms with Gasteiger partial charge in [0.2, 0.25) is 5.60 Å². The molecular weight excluding hydrogens is 314 g/mol. The number of esters is 1. The molecule has 0 bridgehead atoms. The van der Waals surface area contributed by atoms with Gasteiger partial charge >= 0.3 is 5.97 Å². The molecule has 0 N–H and O–H groups in total. The van der Waals surface area contributed by atoms with Gasteiger partial charge in [-0.3, -0.25) is 0 Å². The summed E-state index contributed by atoms with van der Waals surface area (Å²) in [6.07, 6.45) is 1.64. The summed E-state index contributed by atoms with van der Waals surface area (Å²) in [7, 11) is 3.65. The first-order valence-electron chi connectivity index (χ1n) is 8.72. The van der Waals surface area contributed by atoms with E-state index in [2.05, 4.69) is 11.9 Å². The van der Waals surface area contributed by atoms with E-state index in [0.29, 0.717) is 0 Å². The Kier molecular flexibility index (Phi) is 5.51. The van der Waals surface area contributed by atoms with Gasteiger partial charge in [-0.15, -0.1) is 0 Å². The highest BCUT2D eigenvalue weighted by atomic mass is 16.6. The summed E-state index contributed by atoms with van der Waals surface area (Å²) in [5, 5.41) is 0. The Labute approximate surface area is 149 Å². The highest BCUT2D eigenvalue weighted by molar-refractivity contribution is 5.86. The van der Waals surface area contributed by atoms with E-state index in [9.17, 15) is 4.79 Å². The number of hydrogen-bond donors (Lipinski definition) is 0. The Balaban J connectivity index is 1.95. The molecule has 4 heteroatoms. The minimum absolute atomic E-state index is 0.0642. The van der Waals surface area contributed by atoms with Crippen molar-refractivity contribution in [2.75, 3.05) is 27.2 Å². The van der Waals surface area contributed by atoms with E-state index in [4.69, 9.17) is 9.47 Å². The average molecular weight is 339 g/mol.